The van der Waals surface area contributed by atoms with Gasteiger partial charge in [-0.25, -0.2) is 0 Å². The second-order valence-electron chi connectivity index (χ2n) is 15.1. The fourth-order valence-corrected chi connectivity index (χ4v) is 9.02. The molecule has 254 valence electrons. The molecule has 10 rings (SSSR count). The van der Waals surface area contributed by atoms with Gasteiger partial charge in [0.05, 0.1) is 0 Å². The van der Waals surface area contributed by atoms with Crippen LogP contribution in [0, 0.1) is 0 Å². The zero-order valence-corrected chi connectivity index (χ0v) is 30.4. The molecule has 1 aromatic heterocycles. The minimum Gasteiger partial charge on any atom is -0.460 e. The Labute approximate surface area is 310 Å². The number of fused-ring (bicyclic) bond motifs is 7. The topological polar surface area (TPSA) is 13.1 Å². The number of hydrogen-bond donors (Lipinski definition) is 0. The molecule has 0 bridgehead atoms. The maximum absolute atomic E-state index is 6.80. The highest BCUT2D eigenvalue weighted by Crippen LogP contribution is 2.51. The molecule has 2 aliphatic rings. The van der Waals surface area contributed by atoms with Gasteiger partial charge in [-0.2, -0.15) is 0 Å². The fraction of sp³-hybridized carbons (Fsp3) is 0.115. The highest BCUT2D eigenvalue weighted by Gasteiger charge is 2.32. The molecule has 1 nitrogen and oxygen atoms in total. The van der Waals surface area contributed by atoms with Gasteiger partial charge < -0.3 is 4.42 Å². The smallest absolute Gasteiger partial charge is 0.142 e. The molecule has 1 heterocycles. The van der Waals surface area contributed by atoms with Crippen molar-refractivity contribution in [2.24, 2.45) is 0 Å². The number of para-hydroxylation sites is 1. The van der Waals surface area contributed by atoms with Crippen LogP contribution in [0.1, 0.15) is 49.6 Å². The largest absolute Gasteiger partial charge is 0.460 e. The molecule has 0 spiro atoms. The van der Waals surface area contributed by atoms with Crippen LogP contribution in [0.15, 0.2) is 162 Å². The molecule has 0 radical (unpaired) electrons. The van der Waals surface area contributed by atoms with Crippen LogP contribution < -0.4 is 0 Å². The lowest BCUT2D eigenvalue weighted by molar-refractivity contribution is 0.547. The monoisotopic (exact) mass is 680 g/mol. The molecule has 2 aliphatic carbocycles. The number of aryl methyl sites for hydroxylation is 1. The Hall–Kier alpha value is -6.18. The molecule has 1 heteroatoms. The van der Waals surface area contributed by atoms with Crippen LogP contribution >= 0.6 is 0 Å². The Kier molecular flexibility index (Phi) is 7.27. The summed E-state index contributed by atoms with van der Waals surface area (Å²) in [5, 5.41) is 8.64. The first-order chi connectivity index (χ1) is 26.0. The van der Waals surface area contributed by atoms with Gasteiger partial charge in [0.1, 0.15) is 11.3 Å². The first-order valence-electron chi connectivity index (χ1n) is 18.9. The van der Waals surface area contributed by atoms with E-state index in [1.807, 2.05) is 0 Å². The lowest BCUT2D eigenvalue weighted by Crippen LogP contribution is -2.10. The minimum atomic E-state index is -0.0920. The summed E-state index contributed by atoms with van der Waals surface area (Å²) in [5.41, 5.74) is 13.4. The van der Waals surface area contributed by atoms with Gasteiger partial charge in [0, 0.05) is 33.9 Å². The lowest BCUT2D eigenvalue weighted by atomic mass is 9.80. The van der Waals surface area contributed by atoms with Crippen molar-refractivity contribution < 1.29 is 4.42 Å². The second-order valence-corrected chi connectivity index (χ2v) is 15.1. The van der Waals surface area contributed by atoms with Crippen LogP contribution in [0.25, 0.3) is 88.3 Å². The Morgan fingerprint density at radius 2 is 1.30 bits per heavy atom. The maximum atomic E-state index is 6.80. The van der Waals surface area contributed by atoms with E-state index in [9.17, 15) is 0 Å². The summed E-state index contributed by atoms with van der Waals surface area (Å²) in [6, 6.07) is 45.2. The van der Waals surface area contributed by atoms with E-state index in [1.165, 1.54) is 87.8 Å². The summed E-state index contributed by atoms with van der Waals surface area (Å²) in [6.07, 6.45) is 17.6. The zero-order chi connectivity index (χ0) is 35.7. The summed E-state index contributed by atoms with van der Waals surface area (Å²) in [5.74, 6) is 1.09. The average molecular weight is 681 g/mol. The molecule has 0 unspecified atom stereocenters. The normalized spacial score (nSPS) is 15.0. The second kappa shape index (κ2) is 12.2. The first-order valence-corrected chi connectivity index (χ1v) is 18.9. The average Bonchev–Trinajstić information content (AvgIpc) is 3.70. The van der Waals surface area contributed by atoms with E-state index >= 15 is 0 Å². The Balaban J connectivity index is 1.33. The predicted molar refractivity (Wildman–Crippen MR) is 227 cm³/mol. The number of allylic oxidation sites excluding steroid dienone is 7. The van der Waals surface area contributed by atoms with Crippen molar-refractivity contribution in [2.75, 3.05) is 0 Å². The third-order valence-corrected chi connectivity index (χ3v) is 11.4. The first kappa shape index (κ1) is 31.5. The van der Waals surface area contributed by atoms with Crippen molar-refractivity contribution in [1.29, 1.82) is 0 Å². The van der Waals surface area contributed by atoms with Crippen molar-refractivity contribution in [3.8, 4) is 33.4 Å². The molecule has 0 N–H and O–H groups in total. The summed E-state index contributed by atoms with van der Waals surface area (Å²) < 4.78 is 6.80. The third kappa shape index (κ3) is 4.99. The molecule has 0 saturated carbocycles. The fourth-order valence-electron chi connectivity index (χ4n) is 9.02. The number of rotatable bonds is 5. The number of benzene rings is 7. The van der Waals surface area contributed by atoms with Crippen molar-refractivity contribution >= 4 is 54.9 Å². The predicted octanol–water partition coefficient (Wildman–Crippen LogP) is 14.7. The zero-order valence-electron chi connectivity index (χ0n) is 30.4. The molecule has 0 amide bonds. The van der Waals surface area contributed by atoms with Crippen LogP contribution in [0.3, 0.4) is 0 Å². The quantitative estimate of drug-likeness (QED) is 0.130. The molecule has 7 aromatic carbocycles. The lowest BCUT2D eigenvalue weighted by Gasteiger charge is -2.22. The molecule has 0 fully saturated rings. The van der Waals surface area contributed by atoms with E-state index in [-0.39, 0.29) is 5.41 Å². The van der Waals surface area contributed by atoms with Gasteiger partial charge >= 0.3 is 0 Å². The molecular formula is C52H40O. The number of hydrogen-bond acceptors (Lipinski definition) is 1. The van der Waals surface area contributed by atoms with Crippen molar-refractivity contribution in [1.82, 2.24) is 0 Å². The Bertz CT molecular complexity index is 2920. The van der Waals surface area contributed by atoms with Crippen LogP contribution in [0.2, 0.25) is 0 Å². The van der Waals surface area contributed by atoms with Gasteiger partial charge in [-0.1, -0.05) is 166 Å². The van der Waals surface area contributed by atoms with Crippen LogP contribution in [-0.2, 0) is 11.8 Å². The summed E-state index contributed by atoms with van der Waals surface area (Å²) in [6.45, 7) is 6.74. The van der Waals surface area contributed by atoms with Crippen molar-refractivity contribution in [3.05, 3.63) is 180 Å². The summed E-state index contributed by atoms with van der Waals surface area (Å²) in [7, 11) is 0. The van der Waals surface area contributed by atoms with Crippen LogP contribution in [-0.4, -0.2) is 0 Å². The molecular weight excluding hydrogens is 641 g/mol. The standard InChI is InChI=1S/C52H40O/c1-4-5-6-17-37-32-52(2,3)46-24-14-22-43(48(37)46)50-40-20-10-9-19-39(40)49(44-23-13-21-42-38-18-11-12-25-47(38)53-51(42)44)41-29-28-36(31-45(41)50)35-27-26-33-15-7-8-16-34(33)30-35/h4-11,13-24,26-32H,12,25H2,1-3H3/b5-4-,17-6-. The van der Waals surface area contributed by atoms with Crippen molar-refractivity contribution in [2.45, 2.75) is 39.0 Å². The van der Waals surface area contributed by atoms with Crippen LogP contribution in [0.5, 0.6) is 0 Å². The van der Waals surface area contributed by atoms with E-state index in [1.54, 1.807) is 0 Å². The van der Waals surface area contributed by atoms with Gasteiger partial charge in [-0.05, 0) is 96.7 Å². The van der Waals surface area contributed by atoms with E-state index in [0.717, 1.165) is 29.7 Å². The summed E-state index contributed by atoms with van der Waals surface area (Å²) in [4.78, 5) is 0. The highest BCUT2D eigenvalue weighted by atomic mass is 16.3. The van der Waals surface area contributed by atoms with Gasteiger partial charge in [0.2, 0.25) is 0 Å². The Morgan fingerprint density at radius 3 is 2.15 bits per heavy atom. The molecule has 0 aliphatic heterocycles. The maximum Gasteiger partial charge on any atom is 0.142 e. The Morgan fingerprint density at radius 1 is 0.604 bits per heavy atom. The van der Waals surface area contributed by atoms with E-state index in [0.29, 0.717) is 0 Å². The number of furan rings is 1. The van der Waals surface area contributed by atoms with Crippen LogP contribution in [0.4, 0.5) is 0 Å². The van der Waals surface area contributed by atoms with Gasteiger partial charge in [0.15, 0.2) is 0 Å². The minimum absolute atomic E-state index is 0.0920. The SMILES string of the molecule is C/C=C\C=C/C1=CC(C)(C)c2cccc(-c3c4ccccc4c(-c4cccc5c6c(oc45)CCC=C6)c4ccc(-c5ccc6ccccc6c5)cc34)c21. The van der Waals surface area contributed by atoms with E-state index in [4.69, 9.17) is 4.42 Å². The molecule has 8 aromatic rings. The third-order valence-electron chi connectivity index (χ3n) is 11.4. The van der Waals surface area contributed by atoms with E-state index < -0.39 is 0 Å². The van der Waals surface area contributed by atoms with Gasteiger partial charge in [0.25, 0.3) is 0 Å². The van der Waals surface area contributed by atoms with Crippen molar-refractivity contribution in [3.63, 3.8) is 0 Å². The molecule has 53 heavy (non-hydrogen) atoms. The highest BCUT2D eigenvalue weighted by molar-refractivity contribution is 6.24. The molecule has 0 atom stereocenters. The summed E-state index contributed by atoms with van der Waals surface area (Å²) >= 11 is 0. The van der Waals surface area contributed by atoms with Gasteiger partial charge in [-0.15, -0.1) is 0 Å². The molecule has 0 saturated heterocycles. The van der Waals surface area contributed by atoms with E-state index in [2.05, 4.69) is 185 Å². The van der Waals surface area contributed by atoms with Gasteiger partial charge in [-0.3, -0.25) is 0 Å².